The molecule has 11 heteroatoms. The number of amides is 2. The summed E-state index contributed by atoms with van der Waals surface area (Å²) in [5.74, 6) is 0. The summed E-state index contributed by atoms with van der Waals surface area (Å²) in [4.78, 5) is 24.6. The summed E-state index contributed by atoms with van der Waals surface area (Å²) in [7, 11) is 0. The fourth-order valence-electron chi connectivity index (χ4n) is 2.47. The smallest absolute Gasteiger partial charge is 0.530 e. The average molecular weight is 572 g/mol. The monoisotopic (exact) mass is 572 g/mol. The molecule has 0 aromatic rings. The molecular formula is C20H38BaN2O8. The molecule has 0 aliphatic heterocycles. The van der Waals surface area contributed by atoms with Gasteiger partial charge in [0.05, 0.1) is 52.9 Å². The van der Waals surface area contributed by atoms with Gasteiger partial charge in [-0.05, 0) is 41.5 Å². The summed E-state index contributed by atoms with van der Waals surface area (Å²) < 4.78 is 21.5. The molecule has 0 spiro atoms. The number of rotatable bonds is 15. The van der Waals surface area contributed by atoms with E-state index in [1.807, 2.05) is 0 Å². The van der Waals surface area contributed by atoms with Crippen molar-refractivity contribution in [3.63, 3.8) is 0 Å². The largest absolute Gasteiger partial charge is 2.00 e. The summed E-state index contributed by atoms with van der Waals surface area (Å²) in [6.45, 7) is 14.1. The van der Waals surface area contributed by atoms with Gasteiger partial charge >= 0.3 is 48.9 Å². The number of hydrogen-bond donors (Lipinski definition) is 0. The SMILES string of the molecule is CC(C)(C)N(CCOCCOCCOCCOCCN(C(=O)[O-])C(C)(C)C)C(=O)[O-].[Ba+2]. The Bertz CT molecular complexity index is 451. The van der Waals surface area contributed by atoms with Crippen LogP contribution in [0.1, 0.15) is 41.5 Å². The van der Waals surface area contributed by atoms with E-state index in [-0.39, 0.29) is 75.2 Å². The Kier molecular flexibility index (Phi) is 18.6. The minimum Gasteiger partial charge on any atom is -0.530 e. The van der Waals surface area contributed by atoms with Gasteiger partial charge in [0.2, 0.25) is 0 Å². The summed E-state index contributed by atoms with van der Waals surface area (Å²) in [6, 6.07) is 0. The van der Waals surface area contributed by atoms with Crippen LogP contribution in [0.3, 0.4) is 0 Å². The van der Waals surface area contributed by atoms with Gasteiger partial charge in [-0.1, -0.05) is 0 Å². The quantitative estimate of drug-likeness (QED) is 0.191. The van der Waals surface area contributed by atoms with E-state index in [9.17, 15) is 19.8 Å². The van der Waals surface area contributed by atoms with Crippen molar-refractivity contribution >= 4 is 61.1 Å². The maximum absolute atomic E-state index is 11.1. The third kappa shape index (κ3) is 17.1. The minimum atomic E-state index is -1.21. The Morgan fingerprint density at radius 1 is 0.581 bits per heavy atom. The van der Waals surface area contributed by atoms with Gasteiger partial charge in [0.15, 0.2) is 0 Å². The van der Waals surface area contributed by atoms with Crippen molar-refractivity contribution in [1.29, 1.82) is 0 Å². The third-order valence-corrected chi connectivity index (χ3v) is 4.09. The number of ether oxygens (including phenoxy) is 4. The van der Waals surface area contributed by atoms with E-state index in [1.165, 1.54) is 9.80 Å². The van der Waals surface area contributed by atoms with Gasteiger partial charge in [0.1, 0.15) is 12.2 Å². The van der Waals surface area contributed by atoms with Crippen molar-refractivity contribution in [2.75, 3.05) is 65.9 Å². The van der Waals surface area contributed by atoms with Crippen molar-refractivity contribution in [3.05, 3.63) is 0 Å². The fraction of sp³-hybridized carbons (Fsp3) is 0.900. The zero-order valence-electron chi connectivity index (χ0n) is 19.9. The first-order valence-corrected chi connectivity index (χ1v) is 10.2. The molecule has 0 rings (SSSR count). The summed E-state index contributed by atoms with van der Waals surface area (Å²) >= 11 is 0. The van der Waals surface area contributed by atoms with Crippen molar-refractivity contribution in [2.45, 2.75) is 52.6 Å². The average Bonchev–Trinajstić information content (AvgIpc) is 2.58. The Morgan fingerprint density at radius 3 is 1.00 bits per heavy atom. The second-order valence-electron chi connectivity index (χ2n) is 8.63. The maximum Gasteiger partial charge on any atom is 2.00 e. The molecule has 10 nitrogen and oxygen atoms in total. The van der Waals surface area contributed by atoms with Gasteiger partial charge in [-0.3, -0.25) is 0 Å². The summed E-state index contributed by atoms with van der Waals surface area (Å²) in [5.41, 5.74) is -1.06. The molecule has 0 heterocycles. The number of carboxylic acid groups (broad SMARTS) is 2. The van der Waals surface area contributed by atoms with Crippen LogP contribution in [0.5, 0.6) is 0 Å². The molecule has 0 saturated carbocycles. The molecule has 0 radical (unpaired) electrons. The first kappa shape index (κ1) is 33.1. The number of hydrogen-bond acceptors (Lipinski definition) is 8. The molecule has 0 N–H and O–H groups in total. The number of carbonyl (C=O) groups excluding carboxylic acids is 2. The van der Waals surface area contributed by atoms with Crippen LogP contribution in [0.15, 0.2) is 0 Å². The topological polar surface area (TPSA) is 124 Å². The molecular weight excluding hydrogens is 534 g/mol. The van der Waals surface area contributed by atoms with Crippen LogP contribution in [0.2, 0.25) is 0 Å². The van der Waals surface area contributed by atoms with E-state index in [4.69, 9.17) is 18.9 Å². The molecule has 0 aliphatic carbocycles. The third-order valence-electron chi connectivity index (χ3n) is 4.09. The molecule has 0 aromatic heterocycles. The van der Waals surface area contributed by atoms with Crippen LogP contribution >= 0.6 is 0 Å². The van der Waals surface area contributed by atoms with Gasteiger partial charge in [-0.2, -0.15) is 0 Å². The molecule has 178 valence electrons. The molecule has 2 amide bonds. The first-order valence-electron chi connectivity index (χ1n) is 10.2. The standard InChI is InChI=1S/C20H40N2O8.Ba/c1-19(2,3)21(17(23)24)7-9-27-11-13-29-15-16-30-14-12-28-10-8-22(18(25)26)20(4,5)6;/h7-16H2,1-6H3,(H,23,24)(H,25,26);/q;+2/p-2. The van der Waals surface area contributed by atoms with E-state index >= 15 is 0 Å². The van der Waals surface area contributed by atoms with Crippen molar-refractivity contribution in [1.82, 2.24) is 9.80 Å². The van der Waals surface area contributed by atoms with Crippen LogP contribution in [0.25, 0.3) is 0 Å². The Morgan fingerprint density at radius 2 is 0.806 bits per heavy atom. The Hall–Kier alpha value is -0.0486. The zero-order chi connectivity index (χ0) is 23.2. The van der Waals surface area contributed by atoms with E-state index in [0.717, 1.165) is 0 Å². The van der Waals surface area contributed by atoms with Gasteiger partial charge < -0.3 is 48.5 Å². The van der Waals surface area contributed by atoms with E-state index < -0.39 is 23.3 Å². The molecule has 0 aliphatic rings. The molecule has 0 aromatic carbocycles. The molecule has 0 unspecified atom stereocenters. The summed E-state index contributed by atoms with van der Waals surface area (Å²) in [5, 5.41) is 22.2. The van der Waals surface area contributed by atoms with Gasteiger partial charge in [-0.15, -0.1) is 0 Å². The Labute approximate surface area is 226 Å². The molecule has 0 fully saturated rings. The van der Waals surface area contributed by atoms with Crippen LogP contribution in [-0.4, -0.2) is 148 Å². The van der Waals surface area contributed by atoms with Gasteiger partial charge in [-0.25, -0.2) is 0 Å². The van der Waals surface area contributed by atoms with Crippen LogP contribution < -0.4 is 10.2 Å². The van der Waals surface area contributed by atoms with Gasteiger partial charge in [0, 0.05) is 24.2 Å². The predicted octanol–water partition coefficient (Wildman–Crippen LogP) is -0.440. The maximum atomic E-state index is 11.1. The minimum absolute atomic E-state index is 0. The van der Waals surface area contributed by atoms with Crippen LogP contribution in [-0.2, 0) is 18.9 Å². The van der Waals surface area contributed by atoms with E-state index in [1.54, 1.807) is 41.5 Å². The van der Waals surface area contributed by atoms with Crippen molar-refractivity contribution < 1.29 is 38.7 Å². The fourth-order valence-corrected chi connectivity index (χ4v) is 2.47. The van der Waals surface area contributed by atoms with Crippen molar-refractivity contribution in [2.24, 2.45) is 0 Å². The zero-order valence-corrected chi connectivity index (χ0v) is 24.4. The van der Waals surface area contributed by atoms with E-state index in [2.05, 4.69) is 0 Å². The van der Waals surface area contributed by atoms with Crippen LogP contribution in [0, 0.1) is 0 Å². The molecule has 0 saturated heterocycles. The van der Waals surface area contributed by atoms with Crippen molar-refractivity contribution in [3.8, 4) is 0 Å². The number of nitrogens with zero attached hydrogens (tertiary/aromatic N) is 2. The van der Waals surface area contributed by atoms with E-state index in [0.29, 0.717) is 39.6 Å². The number of carbonyl (C=O) groups is 2. The predicted molar refractivity (Wildman–Crippen MR) is 113 cm³/mol. The Balaban J connectivity index is 0. The van der Waals surface area contributed by atoms with Crippen LogP contribution in [0.4, 0.5) is 9.59 Å². The normalized spacial score (nSPS) is 11.7. The second-order valence-corrected chi connectivity index (χ2v) is 8.63. The molecule has 0 atom stereocenters. The molecule has 31 heavy (non-hydrogen) atoms. The first-order chi connectivity index (χ1) is 13.9. The van der Waals surface area contributed by atoms with Gasteiger partial charge in [0.25, 0.3) is 0 Å². The summed E-state index contributed by atoms with van der Waals surface area (Å²) in [6.07, 6.45) is -2.43. The molecule has 0 bridgehead atoms. The second kappa shape index (κ2) is 17.4.